The molecule has 0 amide bonds. The zero-order valence-corrected chi connectivity index (χ0v) is 12.2. The molecule has 108 valence electrons. The Morgan fingerprint density at radius 3 is 2.85 bits per heavy atom. The summed E-state index contributed by atoms with van der Waals surface area (Å²) in [5, 5.41) is 17.7. The van der Waals surface area contributed by atoms with Gasteiger partial charge in [0, 0.05) is 17.1 Å². The van der Waals surface area contributed by atoms with Crippen molar-refractivity contribution in [2.45, 2.75) is 19.9 Å². The Labute approximate surface area is 123 Å². The zero-order valence-electron chi connectivity index (χ0n) is 11.4. The van der Waals surface area contributed by atoms with Gasteiger partial charge in [0.1, 0.15) is 0 Å². The first-order valence-corrected chi connectivity index (χ1v) is 7.02. The summed E-state index contributed by atoms with van der Waals surface area (Å²) in [5.74, 6) is 1.00. The molecule has 0 saturated carbocycles. The number of halogens is 1. The van der Waals surface area contributed by atoms with Gasteiger partial charge in [-0.1, -0.05) is 24.6 Å². The van der Waals surface area contributed by atoms with Crippen LogP contribution in [0.4, 0.5) is 0 Å². The Morgan fingerprint density at radius 1 is 1.30 bits per heavy atom. The van der Waals surface area contributed by atoms with E-state index in [1.165, 1.54) is 0 Å². The first-order valence-electron chi connectivity index (χ1n) is 6.64. The lowest BCUT2D eigenvalue weighted by Crippen LogP contribution is -2.27. The summed E-state index contributed by atoms with van der Waals surface area (Å²) >= 11 is 5.94. The van der Waals surface area contributed by atoms with E-state index in [1.807, 2.05) is 12.1 Å². The molecular weight excluding hydrogens is 278 g/mol. The SMILES string of the molecule is CCCN(CCO)Cc1nnc(-c2cccc(Cl)c2)o1. The van der Waals surface area contributed by atoms with Crippen LogP contribution in [0.1, 0.15) is 19.2 Å². The van der Waals surface area contributed by atoms with Crippen LogP contribution < -0.4 is 0 Å². The largest absolute Gasteiger partial charge is 0.419 e. The quantitative estimate of drug-likeness (QED) is 0.850. The number of hydrogen-bond donors (Lipinski definition) is 1. The molecular formula is C14H18ClN3O2. The number of benzene rings is 1. The zero-order chi connectivity index (χ0) is 14.4. The molecule has 0 radical (unpaired) electrons. The summed E-state index contributed by atoms with van der Waals surface area (Å²) in [6.45, 7) is 4.24. The Hall–Kier alpha value is -1.43. The van der Waals surface area contributed by atoms with E-state index < -0.39 is 0 Å². The predicted octanol–water partition coefficient (Wildman–Crippen LogP) is 2.59. The maximum Gasteiger partial charge on any atom is 0.247 e. The van der Waals surface area contributed by atoms with E-state index in [9.17, 15) is 0 Å². The molecule has 0 aliphatic heterocycles. The van der Waals surface area contributed by atoms with E-state index in [2.05, 4.69) is 22.0 Å². The molecule has 2 rings (SSSR count). The summed E-state index contributed by atoms with van der Waals surface area (Å²) < 4.78 is 5.64. The van der Waals surface area contributed by atoms with Gasteiger partial charge >= 0.3 is 0 Å². The third-order valence-electron chi connectivity index (χ3n) is 2.85. The Morgan fingerprint density at radius 2 is 2.15 bits per heavy atom. The molecule has 5 nitrogen and oxygen atoms in total. The number of nitrogens with zero attached hydrogens (tertiary/aromatic N) is 3. The predicted molar refractivity (Wildman–Crippen MR) is 77.4 cm³/mol. The van der Waals surface area contributed by atoms with Crippen molar-refractivity contribution in [3.63, 3.8) is 0 Å². The minimum atomic E-state index is 0.120. The van der Waals surface area contributed by atoms with Crippen LogP contribution in [0.5, 0.6) is 0 Å². The molecule has 20 heavy (non-hydrogen) atoms. The molecule has 0 aliphatic carbocycles. The van der Waals surface area contributed by atoms with Crippen LogP contribution in [0.3, 0.4) is 0 Å². The highest BCUT2D eigenvalue weighted by molar-refractivity contribution is 6.30. The van der Waals surface area contributed by atoms with Gasteiger partial charge < -0.3 is 9.52 Å². The number of aliphatic hydroxyl groups is 1. The van der Waals surface area contributed by atoms with Crippen LogP contribution in [0.25, 0.3) is 11.5 Å². The van der Waals surface area contributed by atoms with Gasteiger partial charge in [0.25, 0.3) is 0 Å². The molecule has 1 aromatic heterocycles. The second kappa shape index (κ2) is 7.38. The Bertz CT molecular complexity index is 539. The molecule has 1 N–H and O–H groups in total. The van der Waals surface area contributed by atoms with E-state index in [4.69, 9.17) is 21.1 Å². The van der Waals surface area contributed by atoms with Crippen molar-refractivity contribution in [1.82, 2.24) is 15.1 Å². The molecule has 0 spiro atoms. The van der Waals surface area contributed by atoms with Gasteiger partial charge in [0.15, 0.2) is 0 Å². The van der Waals surface area contributed by atoms with Crippen LogP contribution in [0.15, 0.2) is 28.7 Å². The van der Waals surface area contributed by atoms with E-state index in [0.29, 0.717) is 29.9 Å². The molecule has 1 aromatic carbocycles. The molecule has 2 aromatic rings. The summed E-state index contributed by atoms with van der Waals surface area (Å²) in [6.07, 6.45) is 1.01. The van der Waals surface area contributed by atoms with E-state index in [-0.39, 0.29) is 6.61 Å². The lowest BCUT2D eigenvalue weighted by molar-refractivity contribution is 0.179. The Kier molecular flexibility index (Phi) is 5.52. The first kappa shape index (κ1) is 15.0. The van der Waals surface area contributed by atoms with Crippen molar-refractivity contribution in [2.75, 3.05) is 19.7 Å². The average Bonchev–Trinajstić information content (AvgIpc) is 2.88. The molecule has 0 saturated heterocycles. The maximum atomic E-state index is 9.03. The highest BCUT2D eigenvalue weighted by Gasteiger charge is 2.12. The van der Waals surface area contributed by atoms with Gasteiger partial charge in [0.05, 0.1) is 13.2 Å². The van der Waals surface area contributed by atoms with Crippen molar-refractivity contribution in [1.29, 1.82) is 0 Å². The number of rotatable bonds is 7. The fourth-order valence-corrected chi connectivity index (χ4v) is 2.16. The standard InChI is InChI=1S/C14H18ClN3O2/c1-2-6-18(7-8-19)10-13-16-17-14(20-13)11-4-3-5-12(15)9-11/h3-5,9,19H,2,6-8,10H2,1H3. The van der Waals surface area contributed by atoms with Gasteiger partial charge in [-0.05, 0) is 31.2 Å². The molecule has 6 heteroatoms. The highest BCUT2D eigenvalue weighted by atomic mass is 35.5. The minimum absolute atomic E-state index is 0.120. The third kappa shape index (κ3) is 4.03. The fourth-order valence-electron chi connectivity index (χ4n) is 1.97. The minimum Gasteiger partial charge on any atom is -0.419 e. The number of aliphatic hydroxyl groups excluding tert-OH is 1. The normalized spacial score (nSPS) is 11.2. The number of aromatic nitrogens is 2. The summed E-state index contributed by atoms with van der Waals surface area (Å²) in [4.78, 5) is 2.08. The second-order valence-electron chi connectivity index (χ2n) is 4.51. The van der Waals surface area contributed by atoms with Crippen molar-refractivity contribution in [3.05, 3.63) is 35.2 Å². The lowest BCUT2D eigenvalue weighted by Gasteiger charge is -2.17. The average molecular weight is 296 g/mol. The van der Waals surface area contributed by atoms with Crippen LogP contribution in [-0.2, 0) is 6.54 Å². The van der Waals surface area contributed by atoms with Gasteiger partial charge in [-0.25, -0.2) is 0 Å². The van der Waals surface area contributed by atoms with Crippen LogP contribution >= 0.6 is 11.6 Å². The van der Waals surface area contributed by atoms with Crippen molar-refractivity contribution in [2.24, 2.45) is 0 Å². The van der Waals surface area contributed by atoms with Crippen LogP contribution in [0, 0.1) is 0 Å². The van der Waals surface area contributed by atoms with Gasteiger partial charge in [-0.3, -0.25) is 4.90 Å². The molecule has 0 fully saturated rings. The molecule has 0 bridgehead atoms. The van der Waals surface area contributed by atoms with Gasteiger partial charge in [-0.15, -0.1) is 10.2 Å². The van der Waals surface area contributed by atoms with Gasteiger partial charge in [-0.2, -0.15) is 0 Å². The molecule has 0 unspecified atom stereocenters. The molecule has 0 atom stereocenters. The first-order chi connectivity index (χ1) is 9.72. The van der Waals surface area contributed by atoms with Crippen LogP contribution in [0.2, 0.25) is 5.02 Å². The summed E-state index contributed by atoms with van der Waals surface area (Å²) in [6, 6.07) is 7.31. The number of hydrogen-bond acceptors (Lipinski definition) is 5. The smallest absolute Gasteiger partial charge is 0.247 e. The van der Waals surface area contributed by atoms with E-state index in [0.717, 1.165) is 18.5 Å². The molecule has 0 aliphatic rings. The summed E-state index contributed by atoms with van der Waals surface area (Å²) in [7, 11) is 0. The second-order valence-corrected chi connectivity index (χ2v) is 4.95. The van der Waals surface area contributed by atoms with Crippen molar-refractivity contribution >= 4 is 11.6 Å². The molecule has 1 heterocycles. The maximum absolute atomic E-state index is 9.03. The Balaban J connectivity index is 2.08. The van der Waals surface area contributed by atoms with Gasteiger partial charge in [0.2, 0.25) is 11.8 Å². The third-order valence-corrected chi connectivity index (χ3v) is 3.09. The van der Waals surface area contributed by atoms with E-state index >= 15 is 0 Å². The van der Waals surface area contributed by atoms with Crippen LogP contribution in [-0.4, -0.2) is 39.9 Å². The monoisotopic (exact) mass is 295 g/mol. The highest BCUT2D eigenvalue weighted by Crippen LogP contribution is 2.21. The fraction of sp³-hybridized carbons (Fsp3) is 0.429. The van der Waals surface area contributed by atoms with E-state index in [1.54, 1.807) is 12.1 Å². The van der Waals surface area contributed by atoms with Crippen molar-refractivity contribution in [3.8, 4) is 11.5 Å². The topological polar surface area (TPSA) is 62.4 Å². The lowest BCUT2D eigenvalue weighted by atomic mass is 10.2. The van der Waals surface area contributed by atoms with Crippen molar-refractivity contribution < 1.29 is 9.52 Å². The summed E-state index contributed by atoms with van der Waals surface area (Å²) in [5.41, 5.74) is 0.806.